The Hall–Kier alpha value is -3.18. The lowest BCUT2D eigenvalue weighted by molar-refractivity contribution is -0.00860. The molecule has 1 heterocycles. The highest BCUT2D eigenvalue weighted by Crippen LogP contribution is 2.30. The summed E-state index contributed by atoms with van der Waals surface area (Å²) in [4.78, 5) is 26.4. The molecule has 5 N–H and O–H groups in total. The van der Waals surface area contributed by atoms with Crippen LogP contribution in [0, 0.1) is 0 Å². The van der Waals surface area contributed by atoms with E-state index in [0.29, 0.717) is 25.9 Å². The Balaban J connectivity index is 1.71. The molecule has 41 heavy (non-hydrogen) atoms. The lowest BCUT2D eigenvalue weighted by Gasteiger charge is -2.43. The van der Waals surface area contributed by atoms with Crippen molar-refractivity contribution in [3.05, 3.63) is 71.8 Å². The van der Waals surface area contributed by atoms with Gasteiger partial charge in [0, 0.05) is 19.7 Å². The first-order valence-corrected chi connectivity index (χ1v) is 14.1. The molecule has 0 spiro atoms. The van der Waals surface area contributed by atoms with Gasteiger partial charge in [-0.25, -0.2) is 9.59 Å². The number of carbonyl (C=O) groups excluding carboxylic acids is 1. The second kappa shape index (κ2) is 14.6. The molecule has 0 aromatic heterocycles. The van der Waals surface area contributed by atoms with Crippen LogP contribution in [-0.2, 0) is 22.3 Å². The maximum atomic E-state index is 12.5. The molecule has 0 aliphatic carbocycles. The third-order valence-corrected chi connectivity index (χ3v) is 7.22. The molecule has 10 heteroatoms. The summed E-state index contributed by atoms with van der Waals surface area (Å²) < 4.78 is 10.9. The average Bonchev–Trinajstić information content (AvgIpc) is 3.34. The Kier molecular flexibility index (Phi) is 11.5. The Morgan fingerprint density at radius 3 is 2.05 bits per heavy atom. The molecule has 2 aromatic rings. The van der Waals surface area contributed by atoms with Crippen LogP contribution in [0.2, 0.25) is 0 Å². The van der Waals surface area contributed by atoms with Crippen LogP contribution in [0.25, 0.3) is 0 Å². The van der Waals surface area contributed by atoms with Gasteiger partial charge in [0.2, 0.25) is 0 Å². The SMILES string of the molecule is CC(C)(C)OC(=O)N[C@@H](Cc1ccccc1)[C@H](O)CNC[C@@H](O)[C@H](Cc1ccccc1)N(C(=O)O)C1(C)CCOC1. The van der Waals surface area contributed by atoms with Crippen LogP contribution in [0.15, 0.2) is 60.7 Å². The average molecular weight is 572 g/mol. The largest absolute Gasteiger partial charge is 0.465 e. The van der Waals surface area contributed by atoms with Crippen LogP contribution in [0.1, 0.15) is 45.2 Å². The van der Waals surface area contributed by atoms with Gasteiger partial charge >= 0.3 is 12.2 Å². The highest BCUT2D eigenvalue weighted by Gasteiger charge is 2.45. The predicted octanol–water partition coefficient (Wildman–Crippen LogP) is 3.20. The number of hydrogen-bond acceptors (Lipinski definition) is 7. The number of aliphatic hydroxyl groups excluding tert-OH is 2. The van der Waals surface area contributed by atoms with Crippen molar-refractivity contribution in [1.82, 2.24) is 15.5 Å². The van der Waals surface area contributed by atoms with E-state index in [1.165, 1.54) is 4.90 Å². The number of hydrogen-bond donors (Lipinski definition) is 5. The summed E-state index contributed by atoms with van der Waals surface area (Å²) in [5.41, 5.74) is 0.359. The second-order valence-electron chi connectivity index (χ2n) is 11.9. The zero-order valence-electron chi connectivity index (χ0n) is 24.5. The molecule has 1 aliphatic rings. The summed E-state index contributed by atoms with van der Waals surface area (Å²) >= 11 is 0. The fraction of sp³-hybridized carbons (Fsp3) is 0.548. The fourth-order valence-corrected chi connectivity index (χ4v) is 5.14. The number of carbonyl (C=O) groups is 2. The van der Waals surface area contributed by atoms with Gasteiger partial charge in [-0.1, -0.05) is 60.7 Å². The van der Waals surface area contributed by atoms with Crippen LogP contribution in [0.4, 0.5) is 9.59 Å². The number of benzene rings is 2. The van der Waals surface area contributed by atoms with Crippen LogP contribution < -0.4 is 10.6 Å². The Bertz CT molecular complexity index is 1090. The normalized spacial score (nSPS) is 20.0. The number of amides is 2. The zero-order valence-corrected chi connectivity index (χ0v) is 24.5. The van der Waals surface area contributed by atoms with Crippen molar-refractivity contribution in [2.75, 3.05) is 26.3 Å². The molecule has 3 rings (SSSR count). The number of ether oxygens (including phenoxy) is 2. The van der Waals surface area contributed by atoms with Crippen molar-refractivity contribution < 1.29 is 34.4 Å². The molecule has 0 radical (unpaired) electrons. The van der Waals surface area contributed by atoms with Gasteiger partial charge in [-0.2, -0.15) is 0 Å². The van der Waals surface area contributed by atoms with E-state index in [9.17, 15) is 24.9 Å². The number of nitrogens with one attached hydrogen (secondary N) is 2. The molecular formula is C31H45N3O7. The minimum absolute atomic E-state index is 0.0276. The van der Waals surface area contributed by atoms with Gasteiger partial charge in [-0.05, 0) is 58.1 Å². The number of alkyl carbamates (subject to hydrolysis) is 1. The van der Waals surface area contributed by atoms with E-state index in [0.717, 1.165) is 11.1 Å². The molecule has 1 saturated heterocycles. The van der Waals surface area contributed by atoms with Crippen LogP contribution in [-0.4, -0.2) is 94.1 Å². The van der Waals surface area contributed by atoms with Gasteiger partial charge in [0.1, 0.15) is 5.60 Å². The molecule has 2 aromatic carbocycles. The summed E-state index contributed by atoms with van der Waals surface area (Å²) in [7, 11) is 0. The van der Waals surface area contributed by atoms with Crippen LogP contribution in [0.3, 0.4) is 0 Å². The van der Waals surface area contributed by atoms with Gasteiger partial charge in [0.05, 0.1) is 36.4 Å². The molecular weight excluding hydrogens is 526 g/mol. The van der Waals surface area contributed by atoms with E-state index in [-0.39, 0.29) is 19.7 Å². The van der Waals surface area contributed by atoms with Gasteiger partial charge in [-0.3, -0.25) is 4.90 Å². The molecule has 5 atom stereocenters. The predicted molar refractivity (Wildman–Crippen MR) is 156 cm³/mol. The van der Waals surface area contributed by atoms with Gasteiger partial charge in [0.25, 0.3) is 0 Å². The van der Waals surface area contributed by atoms with Gasteiger partial charge in [-0.15, -0.1) is 0 Å². The van der Waals surface area contributed by atoms with Crippen molar-refractivity contribution >= 4 is 12.2 Å². The molecule has 0 saturated carbocycles. The van der Waals surface area contributed by atoms with Crippen LogP contribution >= 0.6 is 0 Å². The van der Waals surface area contributed by atoms with E-state index in [1.807, 2.05) is 67.6 Å². The molecule has 226 valence electrons. The summed E-state index contributed by atoms with van der Waals surface area (Å²) in [6.45, 7) is 7.92. The van der Waals surface area contributed by atoms with Crippen molar-refractivity contribution in [1.29, 1.82) is 0 Å². The lowest BCUT2D eigenvalue weighted by Crippen LogP contribution is -2.61. The summed E-state index contributed by atoms with van der Waals surface area (Å²) in [6.07, 6.45) is -2.65. The highest BCUT2D eigenvalue weighted by molar-refractivity contribution is 5.68. The smallest absolute Gasteiger partial charge is 0.408 e. The van der Waals surface area contributed by atoms with Gasteiger partial charge in [0.15, 0.2) is 0 Å². The molecule has 1 fully saturated rings. The maximum Gasteiger partial charge on any atom is 0.408 e. The van der Waals surface area contributed by atoms with Crippen molar-refractivity contribution in [2.24, 2.45) is 0 Å². The van der Waals surface area contributed by atoms with E-state index in [4.69, 9.17) is 9.47 Å². The first kappa shape index (κ1) is 32.3. The third-order valence-electron chi connectivity index (χ3n) is 7.22. The minimum Gasteiger partial charge on any atom is -0.465 e. The zero-order chi connectivity index (χ0) is 30.0. The molecule has 10 nitrogen and oxygen atoms in total. The van der Waals surface area contributed by atoms with E-state index >= 15 is 0 Å². The van der Waals surface area contributed by atoms with Crippen molar-refractivity contribution in [3.8, 4) is 0 Å². The first-order valence-electron chi connectivity index (χ1n) is 14.1. The number of carboxylic acid groups (broad SMARTS) is 1. The Labute approximate surface area is 242 Å². The maximum absolute atomic E-state index is 12.5. The summed E-state index contributed by atoms with van der Waals surface area (Å²) in [5, 5.41) is 38.5. The molecule has 0 bridgehead atoms. The quantitative estimate of drug-likeness (QED) is 0.247. The monoisotopic (exact) mass is 571 g/mol. The summed E-state index contributed by atoms with van der Waals surface area (Å²) in [5.74, 6) is 0. The fourth-order valence-electron chi connectivity index (χ4n) is 5.14. The van der Waals surface area contributed by atoms with Gasteiger partial charge < -0.3 is 35.4 Å². The van der Waals surface area contributed by atoms with E-state index in [1.54, 1.807) is 20.8 Å². The van der Waals surface area contributed by atoms with E-state index in [2.05, 4.69) is 10.6 Å². The van der Waals surface area contributed by atoms with Crippen molar-refractivity contribution in [2.45, 2.75) is 82.4 Å². The third kappa shape index (κ3) is 10.00. The highest BCUT2D eigenvalue weighted by atomic mass is 16.6. The lowest BCUT2D eigenvalue weighted by atomic mass is 9.91. The van der Waals surface area contributed by atoms with Crippen molar-refractivity contribution in [3.63, 3.8) is 0 Å². The Morgan fingerprint density at radius 2 is 1.54 bits per heavy atom. The topological polar surface area (TPSA) is 141 Å². The molecule has 2 amide bonds. The first-order chi connectivity index (χ1) is 19.4. The molecule has 1 unspecified atom stereocenters. The Morgan fingerprint density at radius 1 is 0.976 bits per heavy atom. The standard InChI is InChI=1S/C31H45N3O7/c1-30(2,3)41-28(37)33-24(17-22-11-7-5-8-12-22)26(35)19-32-20-27(36)25(18-23-13-9-6-10-14-23)34(29(38)39)31(4)15-16-40-21-31/h5-14,24-27,32,35-36H,15-21H2,1-4H3,(H,33,37)(H,38,39)/t24-,25-,26+,27+,31?/m0/s1. The van der Waals surface area contributed by atoms with E-state index < -0.39 is 47.6 Å². The number of nitrogens with zero attached hydrogens (tertiary/aromatic N) is 1. The summed E-state index contributed by atoms with van der Waals surface area (Å²) in [6, 6.07) is 17.5. The molecule has 1 aliphatic heterocycles. The number of aliphatic hydroxyl groups is 2. The number of rotatable bonds is 13. The van der Waals surface area contributed by atoms with Crippen LogP contribution in [0.5, 0.6) is 0 Å². The second-order valence-corrected chi connectivity index (χ2v) is 11.9. The minimum atomic E-state index is -1.12.